The van der Waals surface area contributed by atoms with Gasteiger partial charge in [0.15, 0.2) is 6.61 Å². The number of hydrogen-bond acceptors (Lipinski definition) is 6. The molecule has 0 unspecified atom stereocenters. The number of benzene rings is 2. The summed E-state index contributed by atoms with van der Waals surface area (Å²) in [6.45, 7) is -0.289. The van der Waals surface area contributed by atoms with Crippen molar-refractivity contribution in [3.05, 3.63) is 53.5 Å². The maximum Gasteiger partial charge on any atom is 0.306 e. The van der Waals surface area contributed by atoms with Crippen molar-refractivity contribution in [1.29, 1.82) is 0 Å². The molecule has 0 saturated heterocycles. The van der Waals surface area contributed by atoms with Crippen LogP contribution in [-0.4, -0.2) is 30.6 Å². The number of hydrogen-bond donors (Lipinski definition) is 1. The molecule has 0 aliphatic rings. The normalized spacial score (nSPS) is 10.6. The largest absolute Gasteiger partial charge is 0.497 e. The number of thiazole rings is 1. The highest BCUT2D eigenvalue weighted by Crippen LogP contribution is 2.23. The Morgan fingerprint density at radius 2 is 1.86 bits per heavy atom. The van der Waals surface area contributed by atoms with Crippen LogP contribution in [0.3, 0.4) is 0 Å². The standard InChI is InChI=1S/C21H22N2O4S/c1-26-16-12-10-15(11-13-16)22-19(24)14-27-21(25)9-5-4-8-20-23-17-6-2-3-7-18(17)28-20/h2-3,6-7,10-13H,4-5,8-9,14H2,1H3,(H,22,24). The highest BCUT2D eigenvalue weighted by molar-refractivity contribution is 7.18. The van der Waals surface area contributed by atoms with Crippen molar-refractivity contribution < 1.29 is 19.1 Å². The zero-order chi connectivity index (χ0) is 19.8. The molecule has 1 amide bonds. The maximum atomic E-state index is 11.8. The van der Waals surface area contributed by atoms with E-state index in [-0.39, 0.29) is 18.5 Å². The lowest BCUT2D eigenvalue weighted by molar-refractivity contribution is -0.147. The monoisotopic (exact) mass is 398 g/mol. The van der Waals surface area contributed by atoms with Gasteiger partial charge in [0.1, 0.15) is 5.75 Å². The number of rotatable bonds is 9. The van der Waals surface area contributed by atoms with Gasteiger partial charge in [-0.3, -0.25) is 9.59 Å². The molecule has 3 rings (SSSR count). The van der Waals surface area contributed by atoms with E-state index < -0.39 is 0 Å². The van der Waals surface area contributed by atoms with Gasteiger partial charge in [-0.1, -0.05) is 12.1 Å². The van der Waals surface area contributed by atoms with E-state index in [9.17, 15) is 9.59 Å². The van der Waals surface area contributed by atoms with E-state index in [1.807, 2.05) is 18.2 Å². The second-order valence-corrected chi connectivity index (χ2v) is 7.33. The summed E-state index contributed by atoms with van der Waals surface area (Å²) in [5.41, 5.74) is 1.64. The van der Waals surface area contributed by atoms with Gasteiger partial charge in [0.05, 0.1) is 22.3 Å². The number of carbonyl (C=O) groups is 2. The Hall–Kier alpha value is -2.93. The predicted octanol–water partition coefficient (Wildman–Crippen LogP) is 4.20. The van der Waals surface area contributed by atoms with E-state index in [0.717, 1.165) is 23.4 Å². The highest BCUT2D eigenvalue weighted by Gasteiger charge is 2.09. The van der Waals surface area contributed by atoms with Crippen LogP contribution < -0.4 is 10.1 Å². The van der Waals surface area contributed by atoms with Crippen LogP contribution in [0.2, 0.25) is 0 Å². The number of anilines is 1. The number of methoxy groups -OCH3 is 1. The van der Waals surface area contributed by atoms with Crippen LogP contribution in [0.25, 0.3) is 10.2 Å². The first-order valence-corrected chi connectivity index (χ1v) is 9.89. The summed E-state index contributed by atoms with van der Waals surface area (Å²) in [5.74, 6) is -0.0301. The summed E-state index contributed by atoms with van der Waals surface area (Å²) < 4.78 is 11.3. The smallest absolute Gasteiger partial charge is 0.306 e. The first-order valence-electron chi connectivity index (χ1n) is 9.08. The number of nitrogens with zero attached hydrogens (tertiary/aromatic N) is 1. The number of aryl methyl sites for hydroxylation is 1. The molecule has 0 fully saturated rings. The molecule has 1 aromatic heterocycles. The number of nitrogens with one attached hydrogen (secondary N) is 1. The number of ether oxygens (including phenoxy) is 2. The van der Waals surface area contributed by atoms with E-state index in [2.05, 4.69) is 16.4 Å². The summed E-state index contributed by atoms with van der Waals surface area (Å²) in [6.07, 6.45) is 2.69. The van der Waals surface area contributed by atoms with Gasteiger partial charge in [-0.2, -0.15) is 0 Å². The Balaban J connectivity index is 1.32. The minimum Gasteiger partial charge on any atom is -0.497 e. The van der Waals surface area contributed by atoms with Crippen LogP contribution in [-0.2, 0) is 20.7 Å². The number of aromatic nitrogens is 1. The van der Waals surface area contributed by atoms with Crippen LogP contribution in [0.1, 0.15) is 24.3 Å². The predicted molar refractivity (Wildman–Crippen MR) is 110 cm³/mol. The van der Waals surface area contributed by atoms with Crippen molar-refractivity contribution in [1.82, 2.24) is 4.98 Å². The van der Waals surface area contributed by atoms with Crippen molar-refractivity contribution in [3.8, 4) is 5.75 Å². The van der Waals surface area contributed by atoms with Gasteiger partial charge in [0, 0.05) is 12.1 Å². The first-order chi connectivity index (χ1) is 13.6. The number of fused-ring (bicyclic) bond motifs is 1. The molecule has 0 atom stereocenters. The molecule has 3 aromatic rings. The second kappa shape index (κ2) is 9.85. The lowest BCUT2D eigenvalue weighted by atomic mass is 10.2. The first kappa shape index (κ1) is 19.8. The van der Waals surface area contributed by atoms with Crippen molar-refractivity contribution in [2.45, 2.75) is 25.7 Å². The summed E-state index contributed by atoms with van der Waals surface area (Å²) in [7, 11) is 1.58. The zero-order valence-corrected chi connectivity index (χ0v) is 16.5. The molecular weight excluding hydrogens is 376 g/mol. The van der Waals surface area contributed by atoms with Crippen molar-refractivity contribution >= 4 is 39.1 Å². The molecule has 7 heteroatoms. The highest BCUT2D eigenvalue weighted by atomic mass is 32.1. The summed E-state index contributed by atoms with van der Waals surface area (Å²) in [6, 6.07) is 15.0. The average Bonchev–Trinajstić information content (AvgIpc) is 3.13. The molecule has 28 heavy (non-hydrogen) atoms. The van der Waals surface area contributed by atoms with Crippen molar-refractivity contribution in [2.75, 3.05) is 19.0 Å². The van der Waals surface area contributed by atoms with E-state index in [4.69, 9.17) is 9.47 Å². The Bertz CT molecular complexity index is 904. The lowest BCUT2D eigenvalue weighted by Crippen LogP contribution is -2.20. The SMILES string of the molecule is COc1ccc(NC(=O)COC(=O)CCCCc2nc3ccccc3s2)cc1. The minimum absolute atomic E-state index is 0.289. The molecule has 0 saturated carbocycles. The fraction of sp³-hybridized carbons (Fsp3) is 0.286. The fourth-order valence-electron chi connectivity index (χ4n) is 2.66. The molecule has 146 valence electrons. The molecule has 0 spiro atoms. The van der Waals surface area contributed by atoms with Gasteiger partial charge in [0.2, 0.25) is 0 Å². The van der Waals surface area contributed by atoms with E-state index >= 15 is 0 Å². The van der Waals surface area contributed by atoms with Crippen LogP contribution >= 0.6 is 11.3 Å². The summed E-state index contributed by atoms with van der Waals surface area (Å²) in [4.78, 5) is 28.2. The van der Waals surface area contributed by atoms with Gasteiger partial charge in [-0.25, -0.2) is 4.98 Å². The third-order valence-corrected chi connectivity index (χ3v) is 5.19. The van der Waals surface area contributed by atoms with Crippen molar-refractivity contribution in [2.24, 2.45) is 0 Å². The molecule has 0 aliphatic carbocycles. The Kier molecular flexibility index (Phi) is 6.97. The molecule has 0 aliphatic heterocycles. The minimum atomic E-state index is -0.368. The molecule has 1 N–H and O–H groups in total. The molecule has 0 bridgehead atoms. The molecular formula is C21H22N2O4S. The van der Waals surface area contributed by atoms with E-state index in [1.165, 1.54) is 4.70 Å². The number of carbonyl (C=O) groups excluding carboxylic acids is 2. The number of amides is 1. The maximum absolute atomic E-state index is 11.8. The Morgan fingerprint density at radius 1 is 1.07 bits per heavy atom. The molecule has 0 radical (unpaired) electrons. The van der Waals surface area contributed by atoms with Crippen molar-refractivity contribution in [3.63, 3.8) is 0 Å². The summed E-state index contributed by atoms with van der Waals surface area (Å²) >= 11 is 1.69. The number of para-hydroxylation sites is 1. The van der Waals surface area contributed by atoms with Gasteiger partial charge >= 0.3 is 5.97 Å². The quantitative estimate of drug-likeness (QED) is 0.432. The number of esters is 1. The van der Waals surface area contributed by atoms with Crippen LogP contribution in [0.4, 0.5) is 5.69 Å². The van der Waals surface area contributed by atoms with E-state index in [1.54, 1.807) is 42.7 Å². The average molecular weight is 398 g/mol. The Labute approximate surface area is 167 Å². The topological polar surface area (TPSA) is 77.5 Å². The third-order valence-electron chi connectivity index (χ3n) is 4.10. The Morgan fingerprint density at radius 3 is 2.61 bits per heavy atom. The zero-order valence-electron chi connectivity index (χ0n) is 15.6. The fourth-order valence-corrected chi connectivity index (χ4v) is 3.67. The second-order valence-electron chi connectivity index (χ2n) is 6.22. The third kappa shape index (κ3) is 5.79. The van der Waals surface area contributed by atoms with Crippen LogP contribution in [0.15, 0.2) is 48.5 Å². The molecule has 1 heterocycles. The van der Waals surface area contributed by atoms with Gasteiger partial charge in [-0.15, -0.1) is 11.3 Å². The van der Waals surface area contributed by atoms with Gasteiger partial charge in [0.25, 0.3) is 5.91 Å². The number of unbranched alkanes of at least 4 members (excludes halogenated alkanes) is 1. The van der Waals surface area contributed by atoms with E-state index in [0.29, 0.717) is 24.3 Å². The lowest BCUT2D eigenvalue weighted by Gasteiger charge is -2.07. The van der Waals surface area contributed by atoms with Gasteiger partial charge < -0.3 is 14.8 Å². The van der Waals surface area contributed by atoms with Gasteiger partial charge in [-0.05, 0) is 55.7 Å². The molecule has 6 nitrogen and oxygen atoms in total. The van der Waals surface area contributed by atoms with Crippen LogP contribution in [0.5, 0.6) is 5.75 Å². The van der Waals surface area contributed by atoms with Crippen LogP contribution in [0, 0.1) is 0 Å². The molecule has 2 aromatic carbocycles. The summed E-state index contributed by atoms with van der Waals surface area (Å²) in [5, 5.41) is 3.75.